The molecular formula is C18H23N3O3. The van der Waals surface area contributed by atoms with Gasteiger partial charge in [-0.1, -0.05) is 12.1 Å². The lowest BCUT2D eigenvalue weighted by atomic mass is 9.97. The predicted octanol–water partition coefficient (Wildman–Crippen LogP) is 3.25. The summed E-state index contributed by atoms with van der Waals surface area (Å²) in [6.07, 6.45) is 3.43. The molecule has 128 valence electrons. The third kappa shape index (κ3) is 3.58. The largest absolute Gasteiger partial charge is 0.497 e. The maximum Gasteiger partial charge on any atom is 0.231 e. The second kappa shape index (κ2) is 7.47. The number of nitrogens with zero attached hydrogens (tertiary/aromatic N) is 3. The second-order valence-electron chi connectivity index (χ2n) is 6.11. The number of likely N-dealkylation sites (tertiary alicyclic amines) is 1. The number of carbonyl (C=O) groups is 1. The molecule has 1 aliphatic heterocycles. The summed E-state index contributed by atoms with van der Waals surface area (Å²) in [6.45, 7) is 3.52. The molecule has 0 radical (unpaired) electrons. The molecule has 1 aromatic carbocycles. The van der Waals surface area contributed by atoms with Crippen LogP contribution in [-0.2, 0) is 4.79 Å². The highest BCUT2D eigenvalue weighted by Crippen LogP contribution is 2.28. The van der Waals surface area contributed by atoms with Gasteiger partial charge in [0.15, 0.2) is 0 Å². The average molecular weight is 329 g/mol. The molecule has 6 heteroatoms. The molecule has 1 aromatic heterocycles. The number of carbonyl (C=O) groups excluding carboxylic acids is 1. The van der Waals surface area contributed by atoms with Crippen molar-refractivity contribution < 1.29 is 14.1 Å². The molecule has 1 fully saturated rings. The molecule has 2 aromatic rings. The van der Waals surface area contributed by atoms with Gasteiger partial charge in [0.05, 0.1) is 13.0 Å². The fourth-order valence-electron chi connectivity index (χ4n) is 3.04. The number of hydrogen-bond acceptors (Lipinski definition) is 5. The van der Waals surface area contributed by atoms with Gasteiger partial charge in [0.1, 0.15) is 5.75 Å². The van der Waals surface area contributed by atoms with E-state index < -0.39 is 0 Å². The van der Waals surface area contributed by atoms with Crippen molar-refractivity contribution in [3.05, 3.63) is 30.2 Å². The van der Waals surface area contributed by atoms with Crippen LogP contribution < -0.4 is 4.74 Å². The van der Waals surface area contributed by atoms with Crippen LogP contribution in [0.1, 0.15) is 44.4 Å². The van der Waals surface area contributed by atoms with E-state index in [0.29, 0.717) is 24.7 Å². The maximum absolute atomic E-state index is 12.1. The highest BCUT2D eigenvalue weighted by molar-refractivity contribution is 5.76. The van der Waals surface area contributed by atoms with Crippen molar-refractivity contribution in [2.24, 2.45) is 0 Å². The normalized spacial score (nSPS) is 17.8. The summed E-state index contributed by atoms with van der Waals surface area (Å²) in [7, 11) is 1.64. The summed E-state index contributed by atoms with van der Waals surface area (Å²) in [6, 6.07) is 7.56. The Balaban J connectivity index is 1.71. The molecule has 0 spiro atoms. The lowest BCUT2D eigenvalue weighted by Gasteiger charge is -2.31. The molecule has 6 nitrogen and oxygen atoms in total. The topological polar surface area (TPSA) is 68.5 Å². The van der Waals surface area contributed by atoms with Crippen LogP contribution in [0.3, 0.4) is 0 Å². The Kier molecular flexibility index (Phi) is 5.13. The van der Waals surface area contributed by atoms with Gasteiger partial charge >= 0.3 is 0 Å². The summed E-state index contributed by atoms with van der Waals surface area (Å²) in [4.78, 5) is 18.6. The van der Waals surface area contributed by atoms with Crippen molar-refractivity contribution in [1.29, 1.82) is 0 Å². The molecule has 0 N–H and O–H groups in total. The molecule has 1 aliphatic rings. The maximum atomic E-state index is 12.1. The van der Waals surface area contributed by atoms with Crippen LogP contribution in [0.4, 0.5) is 0 Å². The highest BCUT2D eigenvalue weighted by Gasteiger charge is 2.28. The van der Waals surface area contributed by atoms with Gasteiger partial charge in [-0.05, 0) is 43.5 Å². The van der Waals surface area contributed by atoms with Crippen molar-refractivity contribution in [3.8, 4) is 17.1 Å². The van der Waals surface area contributed by atoms with Gasteiger partial charge in [-0.3, -0.25) is 4.79 Å². The van der Waals surface area contributed by atoms with Crippen molar-refractivity contribution in [1.82, 2.24) is 15.0 Å². The third-order valence-corrected chi connectivity index (χ3v) is 4.38. The quantitative estimate of drug-likeness (QED) is 0.842. The van der Waals surface area contributed by atoms with Crippen LogP contribution in [0.2, 0.25) is 0 Å². The summed E-state index contributed by atoms with van der Waals surface area (Å²) < 4.78 is 10.6. The first-order chi connectivity index (χ1) is 11.7. The number of ether oxygens (including phenoxy) is 1. The second-order valence-corrected chi connectivity index (χ2v) is 6.11. The van der Waals surface area contributed by atoms with Crippen LogP contribution in [-0.4, -0.2) is 41.1 Å². The number of methoxy groups -OCH3 is 1. The molecule has 0 aliphatic carbocycles. The van der Waals surface area contributed by atoms with E-state index in [9.17, 15) is 4.79 Å². The smallest absolute Gasteiger partial charge is 0.231 e. The minimum atomic E-state index is 0.124. The molecule has 0 saturated carbocycles. The molecular weight excluding hydrogens is 306 g/mol. The number of amides is 1. The van der Waals surface area contributed by atoms with Gasteiger partial charge in [0, 0.05) is 25.1 Å². The van der Waals surface area contributed by atoms with Crippen LogP contribution >= 0.6 is 0 Å². The van der Waals surface area contributed by atoms with E-state index in [1.54, 1.807) is 7.11 Å². The SMILES string of the molecule is CCCC(=O)N1CCC[C@H](c2nc(-c3ccc(OC)cc3)no2)C1. The number of hydrogen-bond donors (Lipinski definition) is 0. The standard InChI is InChI=1S/C18H23N3O3/c1-3-5-16(22)21-11-4-6-14(12-21)18-19-17(20-24-18)13-7-9-15(23-2)10-8-13/h7-10,14H,3-6,11-12H2,1-2H3/t14-/m0/s1. The van der Waals surface area contributed by atoms with E-state index in [0.717, 1.165) is 37.1 Å². The molecule has 0 unspecified atom stereocenters. The monoisotopic (exact) mass is 329 g/mol. The summed E-state index contributed by atoms with van der Waals surface area (Å²) in [5, 5.41) is 4.09. The first-order valence-corrected chi connectivity index (χ1v) is 8.47. The zero-order valence-electron chi connectivity index (χ0n) is 14.2. The van der Waals surface area contributed by atoms with Crippen LogP contribution in [0.5, 0.6) is 5.75 Å². The first-order valence-electron chi connectivity index (χ1n) is 8.47. The Hall–Kier alpha value is -2.37. The molecule has 1 atom stereocenters. The minimum absolute atomic E-state index is 0.124. The van der Waals surface area contributed by atoms with Gasteiger partial charge in [-0.25, -0.2) is 0 Å². The zero-order valence-corrected chi connectivity index (χ0v) is 14.2. The Labute approximate surface area is 141 Å². The van der Waals surface area contributed by atoms with E-state index in [2.05, 4.69) is 10.1 Å². The molecule has 1 amide bonds. The minimum Gasteiger partial charge on any atom is -0.497 e. The lowest BCUT2D eigenvalue weighted by molar-refractivity contribution is -0.132. The molecule has 2 heterocycles. The number of rotatable bonds is 5. The molecule has 24 heavy (non-hydrogen) atoms. The van der Waals surface area contributed by atoms with Gasteiger partial charge < -0.3 is 14.2 Å². The van der Waals surface area contributed by atoms with Gasteiger partial charge in [-0.2, -0.15) is 4.98 Å². The van der Waals surface area contributed by atoms with E-state index in [-0.39, 0.29) is 11.8 Å². The van der Waals surface area contributed by atoms with Crippen LogP contribution in [0.15, 0.2) is 28.8 Å². The van der Waals surface area contributed by atoms with Crippen LogP contribution in [0.25, 0.3) is 11.4 Å². The van der Waals surface area contributed by atoms with E-state index in [1.165, 1.54) is 0 Å². The Morgan fingerprint density at radius 3 is 2.88 bits per heavy atom. The Morgan fingerprint density at radius 1 is 1.38 bits per heavy atom. The van der Waals surface area contributed by atoms with Gasteiger partial charge in [0.25, 0.3) is 0 Å². The van der Waals surface area contributed by atoms with Crippen molar-refractivity contribution >= 4 is 5.91 Å². The van der Waals surface area contributed by atoms with E-state index in [1.807, 2.05) is 36.1 Å². The predicted molar refractivity (Wildman–Crippen MR) is 89.7 cm³/mol. The first kappa shape index (κ1) is 16.5. The summed E-state index contributed by atoms with van der Waals surface area (Å²) in [5.74, 6) is 2.33. The summed E-state index contributed by atoms with van der Waals surface area (Å²) >= 11 is 0. The van der Waals surface area contributed by atoms with Crippen molar-refractivity contribution in [3.63, 3.8) is 0 Å². The van der Waals surface area contributed by atoms with Crippen molar-refractivity contribution in [2.45, 2.75) is 38.5 Å². The highest BCUT2D eigenvalue weighted by atomic mass is 16.5. The van der Waals surface area contributed by atoms with Crippen LogP contribution in [0, 0.1) is 0 Å². The molecule has 0 bridgehead atoms. The molecule has 1 saturated heterocycles. The van der Waals surface area contributed by atoms with E-state index >= 15 is 0 Å². The van der Waals surface area contributed by atoms with Crippen molar-refractivity contribution in [2.75, 3.05) is 20.2 Å². The number of benzene rings is 1. The average Bonchev–Trinajstić information content (AvgIpc) is 3.12. The lowest BCUT2D eigenvalue weighted by Crippen LogP contribution is -2.39. The van der Waals surface area contributed by atoms with E-state index in [4.69, 9.17) is 9.26 Å². The Bertz CT molecular complexity index is 681. The fraction of sp³-hybridized carbons (Fsp3) is 0.500. The van der Waals surface area contributed by atoms with Gasteiger partial charge in [0.2, 0.25) is 17.6 Å². The summed E-state index contributed by atoms with van der Waals surface area (Å²) in [5.41, 5.74) is 0.889. The number of piperidine rings is 1. The fourth-order valence-corrected chi connectivity index (χ4v) is 3.04. The molecule has 3 rings (SSSR count). The third-order valence-electron chi connectivity index (χ3n) is 4.38. The van der Waals surface area contributed by atoms with Gasteiger partial charge in [-0.15, -0.1) is 0 Å². The Morgan fingerprint density at radius 2 is 2.17 bits per heavy atom. The zero-order chi connectivity index (χ0) is 16.9. The number of aromatic nitrogens is 2.